The van der Waals surface area contributed by atoms with E-state index in [0.29, 0.717) is 12.3 Å². The highest BCUT2D eigenvalue weighted by atomic mass is 35.5. The van der Waals surface area contributed by atoms with E-state index in [2.05, 4.69) is 52.2 Å². The van der Waals surface area contributed by atoms with E-state index in [0.717, 1.165) is 31.0 Å². The van der Waals surface area contributed by atoms with Gasteiger partial charge in [-0.2, -0.15) is 5.10 Å². The van der Waals surface area contributed by atoms with Crippen LogP contribution in [-0.4, -0.2) is 28.8 Å². The second-order valence-corrected chi connectivity index (χ2v) is 9.03. The van der Waals surface area contributed by atoms with Gasteiger partial charge in [-0.25, -0.2) is 4.68 Å². The highest BCUT2D eigenvalue weighted by molar-refractivity contribution is 5.90. The van der Waals surface area contributed by atoms with Gasteiger partial charge in [0, 0.05) is 17.9 Å². The van der Waals surface area contributed by atoms with Gasteiger partial charge in [-0.1, -0.05) is 20.8 Å². The van der Waals surface area contributed by atoms with Crippen LogP contribution in [0.5, 0.6) is 0 Å². The van der Waals surface area contributed by atoms with Crippen molar-refractivity contribution in [2.75, 3.05) is 18.4 Å². The van der Waals surface area contributed by atoms with Gasteiger partial charge in [0.1, 0.15) is 5.82 Å². The van der Waals surface area contributed by atoms with Crippen LogP contribution in [0, 0.1) is 5.92 Å². The third kappa shape index (κ3) is 6.30. The number of rotatable bonds is 4. The molecule has 6 heteroatoms. The third-order valence-electron chi connectivity index (χ3n) is 4.62. The highest BCUT2D eigenvalue weighted by Gasteiger charge is 2.26. The maximum Gasteiger partial charge on any atom is 0.225 e. The van der Waals surface area contributed by atoms with E-state index in [1.165, 1.54) is 12.8 Å². The number of hydrogen-bond donors (Lipinski definition) is 2. The van der Waals surface area contributed by atoms with Crippen LogP contribution in [0.3, 0.4) is 0 Å². The van der Waals surface area contributed by atoms with Crippen molar-refractivity contribution in [3.63, 3.8) is 0 Å². The van der Waals surface area contributed by atoms with E-state index in [1.54, 1.807) is 0 Å². The molecule has 0 radical (unpaired) electrons. The Bertz CT molecular complexity index is 563. The Labute approximate surface area is 158 Å². The van der Waals surface area contributed by atoms with Crippen LogP contribution < -0.4 is 10.6 Å². The minimum atomic E-state index is -0.166. The largest absolute Gasteiger partial charge is 0.317 e. The Kier molecular flexibility index (Phi) is 7.51. The van der Waals surface area contributed by atoms with Gasteiger partial charge in [-0.3, -0.25) is 4.79 Å². The van der Waals surface area contributed by atoms with Gasteiger partial charge >= 0.3 is 0 Å². The second kappa shape index (κ2) is 8.54. The van der Waals surface area contributed by atoms with Crippen LogP contribution in [0.4, 0.5) is 5.82 Å². The molecule has 0 bridgehead atoms. The molecule has 0 atom stereocenters. The number of carbonyl (C=O) groups is 1. The zero-order chi connectivity index (χ0) is 18.0. The monoisotopic (exact) mass is 370 g/mol. The average Bonchev–Trinajstić information content (AvgIpc) is 2.90. The Morgan fingerprint density at radius 3 is 2.36 bits per heavy atom. The Morgan fingerprint density at radius 2 is 1.84 bits per heavy atom. The summed E-state index contributed by atoms with van der Waals surface area (Å²) in [6.45, 7) is 14.9. The lowest BCUT2D eigenvalue weighted by Gasteiger charge is -2.24. The molecule has 0 aliphatic carbocycles. The quantitative estimate of drug-likeness (QED) is 0.839. The molecule has 1 aliphatic rings. The zero-order valence-corrected chi connectivity index (χ0v) is 17.4. The van der Waals surface area contributed by atoms with Gasteiger partial charge in [0.15, 0.2) is 0 Å². The first-order chi connectivity index (χ1) is 11.1. The van der Waals surface area contributed by atoms with E-state index in [4.69, 9.17) is 5.10 Å². The summed E-state index contributed by atoms with van der Waals surface area (Å²) in [6.07, 6.45) is 3.93. The highest BCUT2D eigenvalue weighted by Crippen LogP contribution is 2.28. The lowest BCUT2D eigenvalue weighted by molar-refractivity contribution is -0.116. The maximum atomic E-state index is 12.4. The van der Waals surface area contributed by atoms with Crippen LogP contribution in [0.1, 0.15) is 72.9 Å². The van der Waals surface area contributed by atoms with Crippen molar-refractivity contribution in [2.45, 2.75) is 78.2 Å². The number of amides is 1. The molecule has 0 unspecified atom stereocenters. The Balaban J connectivity index is 0.00000312. The van der Waals surface area contributed by atoms with Gasteiger partial charge < -0.3 is 10.6 Å². The minimum absolute atomic E-state index is 0. The molecule has 2 heterocycles. The molecule has 0 aromatic carbocycles. The standard InChI is InChI=1S/C19H34N4O.ClH/c1-18(2,3)15-13-16(23(22-15)19(4,5)6)21-17(24)8-7-14-9-11-20-12-10-14;/h13-14,20H,7-12H2,1-6H3,(H,21,24);1H. The van der Waals surface area contributed by atoms with Crippen LogP contribution in [0.15, 0.2) is 6.07 Å². The van der Waals surface area contributed by atoms with E-state index < -0.39 is 0 Å². The van der Waals surface area contributed by atoms with Gasteiger partial charge in [-0.15, -0.1) is 12.4 Å². The summed E-state index contributed by atoms with van der Waals surface area (Å²) in [7, 11) is 0. The first-order valence-electron chi connectivity index (χ1n) is 9.19. The summed E-state index contributed by atoms with van der Waals surface area (Å²) in [5.74, 6) is 1.58. The van der Waals surface area contributed by atoms with Crippen LogP contribution in [-0.2, 0) is 15.7 Å². The lowest BCUT2D eigenvalue weighted by atomic mass is 9.92. The molecule has 0 saturated carbocycles. The number of hydrogen-bond acceptors (Lipinski definition) is 3. The Morgan fingerprint density at radius 1 is 1.24 bits per heavy atom. The van der Waals surface area contributed by atoms with Crippen LogP contribution in [0.25, 0.3) is 0 Å². The van der Waals surface area contributed by atoms with Gasteiger partial charge in [0.2, 0.25) is 5.91 Å². The molecule has 2 rings (SSSR count). The van der Waals surface area contributed by atoms with Crippen molar-refractivity contribution in [3.8, 4) is 0 Å². The molecule has 1 aromatic heterocycles. The summed E-state index contributed by atoms with van der Waals surface area (Å²) >= 11 is 0. The number of aromatic nitrogens is 2. The lowest BCUT2D eigenvalue weighted by Crippen LogP contribution is -2.29. The number of nitrogens with zero attached hydrogens (tertiary/aromatic N) is 2. The van der Waals surface area contributed by atoms with E-state index >= 15 is 0 Å². The van der Waals surface area contributed by atoms with Crippen molar-refractivity contribution in [2.24, 2.45) is 5.92 Å². The Hall–Kier alpha value is -1.07. The molecule has 1 fully saturated rings. The normalized spacial score (nSPS) is 16.4. The molecular weight excluding hydrogens is 336 g/mol. The zero-order valence-electron chi connectivity index (χ0n) is 16.6. The molecule has 25 heavy (non-hydrogen) atoms. The summed E-state index contributed by atoms with van der Waals surface area (Å²) < 4.78 is 1.94. The number of anilines is 1. The fourth-order valence-corrected chi connectivity index (χ4v) is 3.06. The van der Waals surface area contributed by atoms with Crippen molar-refractivity contribution in [1.82, 2.24) is 15.1 Å². The maximum absolute atomic E-state index is 12.4. The summed E-state index contributed by atoms with van der Waals surface area (Å²) in [5, 5.41) is 11.2. The molecular formula is C19H35ClN4O. The molecule has 1 amide bonds. The van der Waals surface area contributed by atoms with Gasteiger partial charge in [-0.05, 0) is 59.0 Å². The molecule has 1 saturated heterocycles. The van der Waals surface area contributed by atoms with Gasteiger partial charge in [0.05, 0.1) is 11.2 Å². The van der Waals surface area contributed by atoms with Crippen molar-refractivity contribution < 1.29 is 4.79 Å². The van der Waals surface area contributed by atoms with E-state index in [-0.39, 0.29) is 29.3 Å². The molecule has 0 spiro atoms. The molecule has 1 aliphatic heterocycles. The van der Waals surface area contributed by atoms with Crippen molar-refractivity contribution >= 4 is 24.1 Å². The number of piperidine rings is 1. The smallest absolute Gasteiger partial charge is 0.225 e. The van der Waals surface area contributed by atoms with Crippen LogP contribution >= 0.6 is 12.4 Å². The van der Waals surface area contributed by atoms with Gasteiger partial charge in [0.25, 0.3) is 0 Å². The average molecular weight is 371 g/mol. The summed E-state index contributed by atoms with van der Waals surface area (Å²) in [5.41, 5.74) is 0.803. The van der Waals surface area contributed by atoms with E-state index in [1.807, 2.05) is 10.7 Å². The number of nitrogens with one attached hydrogen (secondary N) is 2. The SMILES string of the molecule is CC(C)(C)c1cc(NC(=O)CCC2CCNCC2)n(C(C)(C)C)n1.Cl. The van der Waals surface area contributed by atoms with Crippen molar-refractivity contribution in [1.29, 1.82) is 0 Å². The predicted octanol–water partition coefficient (Wildman–Crippen LogP) is 4.08. The molecule has 144 valence electrons. The minimum Gasteiger partial charge on any atom is -0.317 e. The fraction of sp³-hybridized carbons (Fsp3) is 0.789. The first-order valence-corrected chi connectivity index (χ1v) is 9.19. The molecule has 2 N–H and O–H groups in total. The van der Waals surface area contributed by atoms with E-state index in [9.17, 15) is 4.79 Å². The number of carbonyl (C=O) groups excluding carboxylic acids is 1. The third-order valence-corrected chi connectivity index (χ3v) is 4.62. The fourth-order valence-electron chi connectivity index (χ4n) is 3.06. The molecule has 5 nitrogen and oxygen atoms in total. The summed E-state index contributed by atoms with van der Waals surface area (Å²) in [4.78, 5) is 12.4. The number of halogens is 1. The molecule has 1 aromatic rings. The topological polar surface area (TPSA) is 59.0 Å². The summed E-state index contributed by atoms with van der Waals surface area (Å²) in [6, 6.07) is 2.02. The van der Waals surface area contributed by atoms with Crippen LogP contribution in [0.2, 0.25) is 0 Å². The second-order valence-electron chi connectivity index (χ2n) is 9.03. The first kappa shape index (κ1) is 22.0. The predicted molar refractivity (Wildman–Crippen MR) is 107 cm³/mol. The van der Waals surface area contributed by atoms with Crippen molar-refractivity contribution in [3.05, 3.63) is 11.8 Å².